The Kier molecular flexibility index (Phi) is 3.77. The maximum absolute atomic E-state index is 3.10. The fourth-order valence-electron chi connectivity index (χ4n) is 0.656. The van der Waals surface area contributed by atoms with Gasteiger partial charge in [-0.1, -0.05) is 0 Å². The standard InChI is InChI=1S/C8H16N2/c1-6(7(2)9-4)8(3)10-5/h9H,1-5H3/p+1. The molecule has 0 aliphatic carbocycles. The number of hydrogen-bond acceptors (Lipinski definition) is 1. The van der Waals surface area contributed by atoms with Crippen LogP contribution in [0.5, 0.6) is 0 Å². The highest BCUT2D eigenvalue weighted by Crippen LogP contribution is 1.97. The highest BCUT2D eigenvalue weighted by Gasteiger charge is 2.01. The van der Waals surface area contributed by atoms with E-state index < -0.39 is 0 Å². The Labute approximate surface area is 63.0 Å². The molecule has 0 amide bonds. The molecule has 0 fully saturated rings. The quantitative estimate of drug-likeness (QED) is 0.506. The third kappa shape index (κ3) is 2.21. The monoisotopic (exact) mass is 141 g/mol. The zero-order valence-corrected chi connectivity index (χ0v) is 7.50. The van der Waals surface area contributed by atoms with E-state index in [4.69, 9.17) is 0 Å². The van der Waals surface area contributed by atoms with Crippen molar-refractivity contribution in [1.82, 2.24) is 5.32 Å². The number of hydrogen-bond donors (Lipinski definition) is 2. The van der Waals surface area contributed by atoms with Gasteiger partial charge in [-0.2, -0.15) is 0 Å². The second-order valence-electron chi connectivity index (χ2n) is 2.38. The topological polar surface area (TPSA) is 26.0 Å². The van der Waals surface area contributed by atoms with E-state index in [1.165, 1.54) is 17.0 Å². The van der Waals surface area contributed by atoms with Gasteiger partial charge in [0.2, 0.25) is 0 Å². The summed E-state index contributed by atoms with van der Waals surface area (Å²) in [6, 6.07) is 0. The van der Waals surface area contributed by atoms with Crippen LogP contribution in [0.15, 0.2) is 11.3 Å². The van der Waals surface area contributed by atoms with E-state index in [1.807, 2.05) is 14.1 Å². The Bertz CT molecular complexity index is 166. The zero-order chi connectivity index (χ0) is 8.15. The fraction of sp³-hybridized carbons (Fsp3) is 0.625. The summed E-state index contributed by atoms with van der Waals surface area (Å²) in [5.41, 5.74) is 3.71. The van der Waals surface area contributed by atoms with Crippen LogP contribution < -0.4 is 10.3 Å². The highest BCUT2D eigenvalue weighted by molar-refractivity contribution is 5.93. The molecule has 2 N–H and O–H groups in total. The smallest absolute Gasteiger partial charge is 0.175 e. The molecule has 0 bridgehead atoms. The average molecular weight is 141 g/mol. The molecule has 0 heterocycles. The van der Waals surface area contributed by atoms with E-state index in [0.29, 0.717) is 0 Å². The molecule has 0 spiro atoms. The number of rotatable bonds is 2. The summed E-state index contributed by atoms with van der Waals surface area (Å²) < 4.78 is 0. The third-order valence-corrected chi connectivity index (χ3v) is 1.88. The molecule has 58 valence electrons. The Balaban J connectivity index is 4.46. The largest absolute Gasteiger partial charge is 0.391 e. The van der Waals surface area contributed by atoms with Crippen molar-refractivity contribution in [3.8, 4) is 0 Å². The van der Waals surface area contributed by atoms with Gasteiger partial charge in [0.15, 0.2) is 5.71 Å². The van der Waals surface area contributed by atoms with Crippen molar-refractivity contribution in [2.24, 2.45) is 0 Å². The first-order chi connectivity index (χ1) is 4.63. The summed E-state index contributed by atoms with van der Waals surface area (Å²) in [7, 11) is 3.86. The van der Waals surface area contributed by atoms with E-state index in [1.54, 1.807) is 0 Å². The van der Waals surface area contributed by atoms with Crippen molar-refractivity contribution in [2.75, 3.05) is 14.1 Å². The van der Waals surface area contributed by atoms with Crippen LogP contribution in [0, 0.1) is 0 Å². The van der Waals surface area contributed by atoms with Crippen LogP contribution in [0.4, 0.5) is 0 Å². The van der Waals surface area contributed by atoms with E-state index in [-0.39, 0.29) is 0 Å². The molecular weight excluding hydrogens is 124 g/mol. The van der Waals surface area contributed by atoms with Crippen LogP contribution in [0.1, 0.15) is 20.8 Å². The maximum atomic E-state index is 3.10. The van der Waals surface area contributed by atoms with Gasteiger partial charge in [-0.15, -0.1) is 0 Å². The molecule has 0 aliphatic heterocycles. The minimum Gasteiger partial charge on any atom is -0.391 e. The lowest BCUT2D eigenvalue weighted by Crippen LogP contribution is -2.67. The van der Waals surface area contributed by atoms with E-state index in [9.17, 15) is 0 Å². The minimum atomic E-state index is 1.21. The summed E-state index contributed by atoms with van der Waals surface area (Å²) in [5, 5.41) is 3.10. The van der Waals surface area contributed by atoms with Gasteiger partial charge < -0.3 is 5.32 Å². The van der Waals surface area contributed by atoms with Crippen LogP contribution in [0.3, 0.4) is 0 Å². The Morgan fingerprint density at radius 2 is 1.70 bits per heavy atom. The highest BCUT2D eigenvalue weighted by atomic mass is 14.8. The van der Waals surface area contributed by atoms with Crippen molar-refractivity contribution < 1.29 is 4.99 Å². The molecule has 10 heavy (non-hydrogen) atoms. The molecule has 0 aromatic rings. The molecule has 2 heteroatoms. The predicted molar refractivity (Wildman–Crippen MR) is 45.0 cm³/mol. The van der Waals surface area contributed by atoms with Gasteiger partial charge in [-0.25, -0.2) is 4.99 Å². The molecule has 0 rings (SSSR count). The molecular formula is C8H17N2+. The Morgan fingerprint density at radius 3 is 2.00 bits per heavy atom. The molecule has 0 saturated heterocycles. The van der Waals surface area contributed by atoms with E-state index >= 15 is 0 Å². The lowest BCUT2D eigenvalue weighted by Gasteiger charge is -2.01. The van der Waals surface area contributed by atoms with Crippen LogP contribution >= 0.6 is 0 Å². The van der Waals surface area contributed by atoms with Crippen LogP contribution in [-0.4, -0.2) is 19.8 Å². The molecule has 2 nitrogen and oxygen atoms in total. The molecule has 0 aliphatic rings. The van der Waals surface area contributed by atoms with Gasteiger partial charge in [-0.3, -0.25) is 0 Å². The SMILES string of the molecule is CNC(C)=C(C)C(C)=[NH+]C. The molecule has 0 unspecified atom stereocenters. The molecule has 0 saturated carbocycles. The maximum Gasteiger partial charge on any atom is 0.175 e. The van der Waals surface area contributed by atoms with Crippen molar-refractivity contribution >= 4 is 5.71 Å². The summed E-state index contributed by atoms with van der Waals surface area (Å²) >= 11 is 0. The van der Waals surface area contributed by atoms with Crippen molar-refractivity contribution in [1.29, 1.82) is 0 Å². The third-order valence-electron chi connectivity index (χ3n) is 1.88. The second kappa shape index (κ2) is 4.09. The van der Waals surface area contributed by atoms with Crippen molar-refractivity contribution in [3.63, 3.8) is 0 Å². The lowest BCUT2D eigenvalue weighted by molar-refractivity contribution is -0.419. The van der Waals surface area contributed by atoms with E-state index in [0.717, 1.165) is 0 Å². The summed E-state index contributed by atoms with van der Waals surface area (Å²) in [6.07, 6.45) is 0. The lowest BCUT2D eigenvalue weighted by atomic mass is 10.1. The zero-order valence-electron chi connectivity index (χ0n) is 7.50. The van der Waals surface area contributed by atoms with Crippen molar-refractivity contribution in [2.45, 2.75) is 20.8 Å². The fourth-order valence-corrected chi connectivity index (χ4v) is 0.656. The number of allylic oxidation sites excluding steroid dienone is 2. The number of nitrogens with one attached hydrogen (secondary N) is 2. The van der Waals surface area contributed by atoms with Gasteiger partial charge in [0, 0.05) is 25.2 Å². The predicted octanol–water partition coefficient (Wildman–Crippen LogP) is -0.329. The van der Waals surface area contributed by atoms with Gasteiger partial charge in [-0.05, 0) is 13.8 Å². The summed E-state index contributed by atoms with van der Waals surface area (Å²) in [5.74, 6) is 0. The minimum absolute atomic E-state index is 1.21. The molecule has 0 radical (unpaired) electrons. The Morgan fingerprint density at radius 1 is 1.20 bits per heavy atom. The van der Waals surface area contributed by atoms with Gasteiger partial charge >= 0.3 is 0 Å². The second-order valence-corrected chi connectivity index (χ2v) is 2.38. The van der Waals surface area contributed by atoms with Crippen LogP contribution in [0.25, 0.3) is 0 Å². The normalized spacial score (nSPS) is 14.7. The van der Waals surface area contributed by atoms with E-state index in [2.05, 4.69) is 31.1 Å². The van der Waals surface area contributed by atoms with Gasteiger partial charge in [0.05, 0.1) is 0 Å². The molecule has 0 atom stereocenters. The molecule has 0 aromatic heterocycles. The van der Waals surface area contributed by atoms with Gasteiger partial charge in [0.25, 0.3) is 0 Å². The first-order valence-electron chi connectivity index (χ1n) is 3.50. The molecule has 0 aromatic carbocycles. The Hall–Kier alpha value is -0.790. The first kappa shape index (κ1) is 9.21. The average Bonchev–Trinajstić information content (AvgIpc) is 2.00. The summed E-state index contributed by atoms with van der Waals surface area (Å²) in [4.78, 5) is 3.10. The summed E-state index contributed by atoms with van der Waals surface area (Å²) in [6.45, 7) is 6.23. The first-order valence-corrected chi connectivity index (χ1v) is 3.50. The van der Waals surface area contributed by atoms with Gasteiger partial charge in [0.1, 0.15) is 7.05 Å². The van der Waals surface area contributed by atoms with Crippen LogP contribution in [0.2, 0.25) is 0 Å². The van der Waals surface area contributed by atoms with Crippen molar-refractivity contribution in [3.05, 3.63) is 11.3 Å². The van der Waals surface area contributed by atoms with Crippen LogP contribution in [-0.2, 0) is 0 Å².